The van der Waals surface area contributed by atoms with Gasteiger partial charge in [-0.05, 0) is 108 Å². The molecule has 0 atom stereocenters. The number of benzene rings is 5. The van der Waals surface area contributed by atoms with Gasteiger partial charge in [0.25, 0.3) is 0 Å². The molecule has 0 saturated heterocycles. The normalized spacial score (nSPS) is 9.45. The largest absolute Gasteiger partial charge is 0.394 e. The monoisotopic (exact) mass is 856 g/mol. The Morgan fingerprint density at radius 1 is 0.672 bits per heavy atom. The Balaban J connectivity index is 0.000000418. The number of carbonyl (C=O) groups is 2. The molecular weight excluding hydrogens is 813 g/mol. The van der Waals surface area contributed by atoms with Gasteiger partial charge in [0.2, 0.25) is 0 Å². The van der Waals surface area contributed by atoms with Crippen LogP contribution in [0.2, 0.25) is 0 Å². The molecule has 295 valence electrons. The zero-order valence-corrected chi connectivity index (χ0v) is 35.8. The molecule has 58 heavy (non-hydrogen) atoms. The van der Waals surface area contributed by atoms with Crippen LogP contribution in [0.25, 0.3) is 31.3 Å². The number of nitrogens with one attached hydrogen (secondary N) is 2. The number of aliphatic hydroxyl groups is 2. The van der Waals surface area contributed by atoms with E-state index in [2.05, 4.69) is 52.0 Å². The van der Waals surface area contributed by atoms with Crippen LogP contribution in [-0.4, -0.2) is 28.7 Å². The molecular formula is C41H43N12O4Y-. The van der Waals surface area contributed by atoms with Crippen molar-refractivity contribution in [3.63, 3.8) is 0 Å². The number of azide groups is 3. The molecule has 0 bridgehead atoms. The molecule has 2 amide bonds. The maximum atomic E-state index is 11.9. The van der Waals surface area contributed by atoms with E-state index >= 15 is 0 Å². The van der Waals surface area contributed by atoms with E-state index in [1.807, 2.05) is 65.0 Å². The topological polar surface area (TPSA) is 257 Å². The van der Waals surface area contributed by atoms with Crippen molar-refractivity contribution in [3.8, 4) is 0 Å². The average Bonchev–Trinajstić information content (AvgIpc) is 3.19. The van der Waals surface area contributed by atoms with Crippen molar-refractivity contribution in [1.82, 2.24) is 5.43 Å². The van der Waals surface area contributed by atoms with Crippen LogP contribution in [0, 0.1) is 47.6 Å². The van der Waals surface area contributed by atoms with Gasteiger partial charge in [0.15, 0.2) is 0 Å². The maximum Gasteiger partial charge on any atom is 0.339 e. The van der Waals surface area contributed by atoms with Crippen molar-refractivity contribution in [3.05, 3.63) is 184 Å². The fourth-order valence-electron chi connectivity index (χ4n) is 4.83. The Morgan fingerprint density at radius 2 is 1.16 bits per heavy atom. The van der Waals surface area contributed by atoms with Crippen LogP contribution in [0.15, 0.2) is 111 Å². The summed E-state index contributed by atoms with van der Waals surface area (Å²) in [6, 6.07) is 29.1. The number of urea groups is 1. The van der Waals surface area contributed by atoms with Crippen molar-refractivity contribution in [2.75, 3.05) is 5.32 Å². The number of aliphatic hydroxyl groups excluding tert-OH is 2. The summed E-state index contributed by atoms with van der Waals surface area (Å²) < 4.78 is 0. The second-order valence-electron chi connectivity index (χ2n) is 12.1. The Morgan fingerprint density at radius 3 is 1.59 bits per heavy atom. The molecule has 0 fully saturated rings. The average molecular weight is 857 g/mol. The summed E-state index contributed by atoms with van der Waals surface area (Å²) in [6.45, 7) is 11.5. The predicted octanol–water partition coefficient (Wildman–Crippen LogP) is 11.2. The van der Waals surface area contributed by atoms with E-state index in [4.69, 9.17) is 26.8 Å². The van der Waals surface area contributed by atoms with Gasteiger partial charge in [-0.2, -0.15) is 34.9 Å². The van der Waals surface area contributed by atoms with E-state index in [0.29, 0.717) is 22.6 Å². The van der Waals surface area contributed by atoms with Gasteiger partial charge in [-0.25, -0.2) is 10.2 Å². The second kappa shape index (κ2) is 27.3. The first-order valence-electron chi connectivity index (χ1n) is 17.2. The number of hydrazone groups is 1. The van der Waals surface area contributed by atoms with Crippen LogP contribution < -0.4 is 10.7 Å². The van der Waals surface area contributed by atoms with Crippen LogP contribution >= 0.6 is 0 Å². The molecule has 0 saturated carbocycles. The Kier molecular flexibility index (Phi) is 23.4. The van der Waals surface area contributed by atoms with Crippen molar-refractivity contribution < 1.29 is 52.5 Å². The van der Waals surface area contributed by atoms with Gasteiger partial charge in [0, 0.05) is 82.4 Å². The number of nitrogens with zero attached hydrogens (tertiary/aromatic N) is 10. The molecule has 0 unspecified atom stereocenters. The summed E-state index contributed by atoms with van der Waals surface area (Å²) in [4.78, 5) is 30.4. The summed E-state index contributed by atoms with van der Waals surface area (Å²) in [7, 11) is 0. The molecule has 5 aromatic carbocycles. The number of hydrogen-bond acceptors (Lipinski definition) is 8. The number of aldehydes is 1. The van der Waals surface area contributed by atoms with Crippen LogP contribution in [0.1, 0.15) is 60.4 Å². The summed E-state index contributed by atoms with van der Waals surface area (Å²) >= 11 is 0. The molecule has 0 aromatic heterocycles. The second-order valence-corrected chi connectivity index (χ2v) is 12.1. The summed E-state index contributed by atoms with van der Waals surface area (Å²) in [6.07, 6.45) is 2.31. The van der Waals surface area contributed by atoms with Crippen LogP contribution in [0.5, 0.6) is 0 Å². The minimum atomic E-state index is -0.410. The van der Waals surface area contributed by atoms with Crippen LogP contribution in [0.3, 0.4) is 0 Å². The fraction of sp³-hybridized carbons (Fsp3) is 0.195. The third-order valence-corrected chi connectivity index (χ3v) is 8.06. The Hall–Kier alpha value is -6.34. The standard InChI is InChI=1S/C17H18N6O.C8H9N3O.C8H7N3O.C8H9O.Y/c1-11-5-4-6-12(2)16(11)20-17(24)22-19-10-14-7-8-15(21-23-18)9-13(14)3;2*1-6-4-8(10-11-9)3-2-7(6)5-12;1-7-4-2-3-5-8(7)6-9;/h4-10H,1-3H3,(H2,20,22,24);2-4,12H,5H2,1H3;2-5H,1H3;3-5,9H,6H2,1H3;/q;;;-1;/b19-10+;;;;. The molecule has 17 heteroatoms. The number of hydrogen-bond donors (Lipinski definition) is 4. The van der Waals surface area contributed by atoms with Gasteiger partial charge in [-0.15, -0.1) is 5.56 Å². The third kappa shape index (κ3) is 17.2. The van der Waals surface area contributed by atoms with E-state index in [-0.39, 0.29) is 45.9 Å². The Labute approximate surface area is 361 Å². The summed E-state index contributed by atoms with van der Waals surface area (Å²) in [5.41, 5.74) is 38.5. The summed E-state index contributed by atoms with van der Waals surface area (Å²) in [5.74, 6) is 0. The quantitative estimate of drug-likeness (QED) is 0.0214. The van der Waals surface area contributed by atoms with E-state index in [1.54, 1.807) is 73.8 Å². The molecule has 16 nitrogen and oxygen atoms in total. The van der Waals surface area contributed by atoms with Gasteiger partial charge >= 0.3 is 6.03 Å². The minimum Gasteiger partial charge on any atom is -0.394 e. The van der Waals surface area contributed by atoms with Crippen LogP contribution in [0.4, 0.5) is 27.5 Å². The molecule has 0 aliphatic carbocycles. The smallest absolute Gasteiger partial charge is 0.339 e. The van der Waals surface area contributed by atoms with Crippen molar-refractivity contribution in [2.24, 2.45) is 20.4 Å². The molecule has 0 aliphatic heterocycles. The number of para-hydroxylation sites is 1. The minimum absolute atomic E-state index is 0. The molecule has 5 aromatic rings. The maximum absolute atomic E-state index is 11.9. The molecule has 5 rings (SSSR count). The molecule has 1 radical (unpaired) electrons. The van der Waals surface area contributed by atoms with Crippen molar-refractivity contribution in [2.45, 2.75) is 54.8 Å². The zero-order chi connectivity index (χ0) is 42.2. The first-order valence-corrected chi connectivity index (χ1v) is 17.2. The molecule has 0 aliphatic rings. The SMILES string of the molecule is Cc1c[c-]ccc1CO.Cc1cc(N=[N+]=[N-])ccc1/C=N/NC(=O)Nc1c(C)cccc1C.Cc1cc(N=[N+]=[N-])ccc1C=O.Cc1cc(N=[N+]=[N-])ccc1CO.[Y]. The molecule has 0 spiro atoms. The number of rotatable bonds is 9. The number of aryl methyl sites for hydroxylation is 6. The van der Waals surface area contributed by atoms with E-state index in [9.17, 15) is 9.59 Å². The third-order valence-electron chi connectivity index (χ3n) is 8.06. The predicted molar refractivity (Wildman–Crippen MR) is 223 cm³/mol. The van der Waals surface area contributed by atoms with Crippen molar-refractivity contribution in [1.29, 1.82) is 0 Å². The number of amides is 2. The first kappa shape index (κ1) is 49.7. The van der Waals surface area contributed by atoms with Gasteiger partial charge in [0.1, 0.15) is 6.29 Å². The van der Waals surface area contributed by atoms with Crippen molar-refractivity contribution >= 4 is 41.3 Å². The van der Waals surface area contributed by atoms with E-state index in [0.717, 1.165) is 62.0 Å². The number of anilines is 1. The number of carbonyl (C=O) groups excluding carboxylic acids is 2. The first-order chi connectivity index (χ1) is 27.4. The molecule has 0 heterocycles. The van der Waals surface area contributed by atoms with E-state index in [1.165, 1.54) is 0 Å². The van der Waals surface area contributed by atoms with Crippen LogP contribution in [-0.2, 0) is 45.9 Å². The van der Waals surface area contributed by atoms with Gasteiger partial charge in [-0.1, -0.05) is 76.9 Å². The van der Waals surface area contributed by atoms with Gasteiger partial charge in [-0.3, -0.25) is 4.79 Å². The van der Waals surface area contributed by atoms with E-state index < -0.39 is 6.03 Å². The Bertz CT molecular complexity index is 2310. The van der Waals surface area contributed by atoms with Gasteiger partial charge < -0.3 is 15.5 Å². The van der Waals surface area contributed by atoms with Gasteiger partial charge in [0.05, 0.1) is 12.8 Å². The molecule has 4 N–H and O–H groups in total. The zero-order valence-electron chi connectivity index (χ0n) is 33.0. The summed E-state index contributed by atoms with van der Waals surface area (Å²) in [5, 5.41) is 34.7. The fourth-order valence-corrected chi connectivity index (χ4v) is 4.83.